The normalized spacial score (nSPS) is 10.3. The fourth-order valence-electron chi connectivity index (χ4n) is 1.61. The first-order valence-corrected chi connectivity index (χ1v) is 7.31. The molecule has 0 aliphatic carbocycles. The van der Waals surface area contributed by atoms with Crippen LogP contribution in [0.2, 0.25) is 0 Å². The summed E-state index contributed by atoms with van der Waals surface area (Å²) in [6.07, 6.45) is 5.75. The number of aromatic nitrogens is 3. The van der Waals surface area contributed by atoms with Gasteiger partial charge in [-0.3, -0.25) is 4.68 Å². The van der Waals surface area contributed by atoms with Crippen molar-refractivity contribution in [2.45, 2.75) is 10.9 Å². The largest absolute Gasteiger partial charge is 0.353 e. The van der Waals surface area contributed by atoms with Crippen molar-refractivity contribution in [1.29, 1.82) is 5.26 Å². The molecule has 0 amide bonds. The average Bonchev–Trinajstić information content (AvgIpc) is 2.95. The highest BCUT2D eigenvalue weighted by molar-refractivity contribution is 8.00. The zero-order chi connectivity index (χ0) is 13.1. The summed E-state index contributed by atoms with van der Waals surface area (Å²) in [5, 5.41) is 13.2. The zero-order valence-electron chi connectivity index (χ0n) is 10.4. The molecule has 0 radical (unpaired) electrons. The molecule has 94 valence electrons. The Morgan fingerprint density at radius 2 is 2.39 bits per heavy atom. The van der Waals surface area contributed by atoms with E-state index in [0.717, 1.165) is 15.7 Å². The van der Waals surface area contributed by atoms with E-state index in [0.29, 0.717) is 11.4 Å². The van der Waals surface area contributed by atoms with Crippen molar-refractivity contribution >= 4 is 28.9 Å². The average molecular weight is 279 g/mol. The molecule has 7 heteroatoms. The molecule has 0 saturated heterocycles. The molecular formula is C11H13N5S2. The minimum atomic E-state index is 0.658. The Morgan fingerprint density at radius 3 is 2.94 bits per heavy atom. The quantitative estimate of drug-likeness (QED) is 0.802. The van der Waals surface area contributed by atoms with Crippen molar-refractivity contribution in [3.63, 3.8) is 0 Å². The lowest BCUT2D eigenvalue weighted by Gasteiger charge is -2.15. The lowest BCUT2D eigenvalue weighted by Crippen LogP contribution is -2.17. The number of thiazole rings is 1. The first-order valence-electron chi connectivity index (χ1n) is 5.27. The van der Waals surface area contributed by atoms with E-state index in [9.17, 15) is 0 Å². The van der Waals surface area contributed by atoms with Crippen molar-refractivity contribution in [2.24, 2.45) is 7.05 Å². The topological polar surface area (TPSA) is 57.7 Å². The molecule has 0 aromatic carbocycles. The summed E-state index contributed by atoms with van der Waals surface area (Å²) in [7, 11) is 3.83. The summed E-state index contributed by atoms with van der Waals surface area (Å²) >= 11 is 2.99. The van der Waals surface area contributed by atoms with E-state index >= 15 is 0 Å². The number of hydrogen-bond acceptors (Lipinski definition) is 6. The summed E-state index contributed by atoms with van der Waals surface area (Å²) in [6, 6.07) is 2.20. The van der Waals surface area contributed by atoms with Crippen molar-refractivity contribution in [2.75, 3.05) is 18.2 Å². The molecule has 2 rings (SSSR count). The Bertz CT molecular complexity index is 581. The molecule has 2 aromatic heterocycles. The number of hydrogen-bond donors (Lipinski definition) is 0. The van der Waals surface area contributed by atoms with Crippen LogP contribution in [0.4, 0.5) is 5.82 Å². The van der Waals surface area contributed by atoms with Crippen LogP contribution in [0.15, 0.2) is 16.7 Å². The van der Waals surface area contributed by atoms with Crippen molar-refractivity contribution in [3.8, 4) is 6.07 Å². The van der Waals surface area contributed by atoms with E-state index < -0.39 is 0 Å². The van der Waals surface area contributed by atoms with Crippen molar-refractivity contribution in [3.05, 3.63) is 22.8 Å². The highest BCUT2D eigenvalue weighted by Gasteiger charge is 2.15. The lowest BCUT2D eigenvalue weighted by molar-refractivity contribution is 0.766. The van der Waals surface area contributed by atoms with E-state index in [2.05, 4.69) is 16.2 Å². The van der Waals surface area contributed by atoms with E-state index in [1.807, 2.05) is 37.6 Å². The van der Waals surface area contributed by atoms with Crippen LogP contribution in [0.3, 0.4) is 0 Å². The maximum absolute atomic E-state index is 9.11. The molecule has 0 aliphatic rings. The molecule has 0 saturated carbocycles. The summed E-state index contributed by atoms with van der Waals surface area (Å²) in [5.41, 5.74) is 1.10. The standard InChI is InChI=1S/C11H13N5S2/c1-15(6-8-5-13-16(2)7-8)10-9(4-12)18-11(14-10)17-3/h5,7H,6H2,1-3H3. The summed E-state index contributed by atoms with van der Waals surface area (Å²) in [4.78, 5) is 7.10. The third-order valence-electron chi connectivity index (χ3n) is 2.41. The predicted molar refractivity (Wildman–Crippen MR) is 73.9 cm³/mol. The maximum Gasteiger partial charge on any atom is 0.159 e. The van der Waals surface area contributed by atoms with Gasteiger partial charge in [-0.25, -0.2) is 4.98 Å². The van der Waals surface area contributed by atoms with E-state index in [1.54, 1.807) is 16.4 Å². The van der Waals surface area contributed by atoms with Crippen molar-refractivity contribution < 1.29 is 0 Å². The molecule has 5 nitrogen and oxygen atoms in total. The van der Waals surface area contributed by atoms with Gasteiger partial charge in [0.15, 0.2) is 10.2 Å². The molecule has 2 aromatic rings. The van der Waals surface area contributed by atoms with Crippen LogP contribution in [0, 0.1) is 11.3 Å². The Labute approximate surface area is 114 Å². The number of nitriles is 1. The molecule has 0 fully saturated rings. The Balaban J connectivity index is 2.20. The third-order valence-corrected chi connectivity index (χ3v) is 4.34. The van der Waals surface area contributed by atoms with Crippen molar-refractivity contribution in [1.82, 2.24) is 14.8 Å². The number of anilines is 1. The van der Waals surface area contributed by atoms with Gasteiger partial charge < -0.3 is 4.90 Å². The summed E-state index contributed by atoms with van der Waals surface area (Å²) in [6.45, 7) is 0.695. The molecule has 18 heavy (non-hydrogen) atoms. The zero-order valence-corrected chi connectivity index (χ0v) is 12.0. The maximum atomic E-state index is 9.11. The second-order valence-electron chi connectivity index (χ2n) is 3.83. The predicted octanol–water partition coefficient (Wildman–Crippen LogP) is 2.11. The molecule has 0 N–H and O–H groups in total. The molecule has 0 bridgehead atoms. The van der Waals surface area contributed by atoms with Crippen LogP contribution in [-0.4, -0.2) is 28.1 Å². The van der Waals surface area contributed by atoms with Gasteiger partial charge in [-0.2, -0.15) is 10.4 Å². The van der Waals surface area contributed by atoms with Gasteiger partial charge in [0.1, 0.15) is 10.9 Å². The smallest absolute Gasteiger partial charge is 0.159 e. The van der Waals surface area contributed by atoms with Crippen LogP contribution < -0.4 is 4.90 Å². The van der Waals surface area contributed by atoms with Crippen LogP contribution in [0.25, 0.3) is 0 Å². The van der Waals surface area contributed by atoms with Gasteiger partial charge >= 0.3 is 0 Å². The molecule has 0 unspecified atom stereocenters. The fraction of sp³-hybridized carbons (Fsp3) is 0.364. The third kappa shape index (κ3) is 2.66. The summed E-state index contributed by atoms with van der Waals surface area (Å²) in [5.74, 6) is 0.746. The highest BCUT2D eigenvalue weighted by Crippen LogP contribution is 2.30. The Hall–Kier alpha value is -1.52. The Kier molecular flexibility index (Phi) is 3.89. The molecule has 0 atom stereocenters. The van der Waals surface area contributed by atoms with Gasteiger partial charge in [-0.15, -0.1) is 0 Å². The van der Waals surface area contributed by atoms with Crippen LogP contribution in [0.1, 0.15) is 10.4 Å². The first kappa shape index (κ1) is 12.9. The van der Waals surface area contributed by atoms with E-state index in [-0.39, 0.29) is 0 Å². The van der Waals surface area contributed by atoms with Gasteiger partial charge in [-0.1, -0.05) is 23.1 Å². The van der Waals surface area contributed by atoms with Crippen LogP contribution >= 0.6 is 23.1 Å². The molecule has 2 heterocycles. The Morgan fingerprint density at radius 1 is 1.61 bits per heavy atom. The molecule has 0 spiro atoms. The minimum absolute atomic E-state index is 0.658. The number of nitrogens with zero attached hydrogens (tertiary/aromatic N) is 5. The highest BCUT2D eigenvalue weighted by atomic mass is 32.2. The van der Waals surface area contributed by atoms with Gasteiger partial charge in [0.2, 0.25) is 0 Å². The number of thioether (sulfide) groups is 1. The van der Waals surface area contributed by atoms with Crippen LogP contribution in [-0.2, 0) is 13.6 Å². The van der Waals surface area contributed by atoms with E-state index in [1.165, 1.54) is 11.3 Å². The van der Waals surface area contributed by atoms with Gasteiger partial charge in [-0.05, 0) is 6.26 Å². The summed E-state index contributed by atoms with van der Waals surface area (Å²) < 4.78 is 2.68. The SMILES string of the molecule is CSc1nc(N(C)Cc2cnn(C)c2)c(C#N)s1. The van der Waals surface area contributed by atoms with Gasteiger partial charge in [0, 0.05) is 32.4 Å². The second kappa shape index (κ2) is 5.42. The van der Waals surface area contributed by atoms with Gasteiger partial charge in [0.25, 0.3) is 0 Å². The minimum Gasteiger partial charge on any atom is -0.353 e. The first-order chi connectivity index (χ1) is 8.63. The molecule has 0 aliphatic heterocycles. The number of aryl methyl sites for hydroxylation is 1. The monoisotopic (exact) mass is 279 g/mol. The van der Waals surface area contributed by atoms with Gasteiger partial charge in [0.05, 0.1) is 6.20 Å². The lowest BCUT2D eigenvalue weighted by atomic mass is 10.3. The number of rotatable bonds is 4. The van der Waals surface area contributed by atoms with Crippen LogP contribution in [0.5, 0.6) is 0 Å². The fourth-order valence-corrected chi connectivity index (χ4v) is 3.02. The molecular weight excluding hydrogens is 266 g/mol. The van der Waals surface area contributed by atoms with E-state index in [4.69, 9.17) is 5.26 Å². The second-order valence-corrected chi connectivity index (χ2v) is 5.88.